The van der Waals surface area contributed by atoms with Crippen molar-refractivity contribution in [2.24, 2.45) is 0 Å². The predicted molar refractivity (Wildman–Crippen MR) is 73.0 cm³/mol. The normalized spacial score (nSPS) is 10.6. The molecule has 7 heteroatoms. The number of carbonyl (C=O) groups excluding carboxylic acids is 2. The van der Waals surface area contributed by atoms with E-state index in [9.17, 15) is 9.59 Å². The standard InChI is InChI=1S/C13H22N2O5/c1-9(8-10(14)20-15-5)12(17)18-7-6-11(16)19-13(2,3)4/h14-15H,1,6-8H2,2-5H3. The minimum atomic E-state index is -0.669. The molecule has 0 aromatic heterocycles. The van der Waals surface area contributed by atoms with E-state index in [0.29, 0.717) is 0 Å². The van der Waals surface area contributed by atoms with Gasteiger partial charge in [0.25, 0.3) is 0 Å². The van der Waals surface area contributed by atoms with E-state index < -0.39 is 17.5 Å². The van der Waals surface area contributed by atoms with Crippen LogP contribution in [0.15, 0.2) is 12.2 Å². The molecule has 0 bridgehead atoms. The topological polar surface area (TPSA) is 97.7 Å². The monoisotopic (exact) mass is 286 g/mol. The van der Waals surface area contributed by atoms with Crippen LogP contribution in [0, 0.1) is 5.41 Å². The molecule has 0 fully saturated rings. The third-order valence-electron chi connectivity index (χ3n) is 1.85. The quantitative estimate of drug-likeness (QED) is 0.241. The van der Waals surface area contributed by atoms with Crippen molar-refractivity contribution in [2.45, 2.75) is 39.2 Å². The van der Waals surface area contributed by atoms with E-state index >= 15 is 0 Å². The Morgan fingerprint density at radius 1 is 1.30 bits per heavy atom. The van der Waals surface area contributed by atoms with E-state index in [2.05, 4.69) is 16.9 Å². The van der Waals surface area contributed by atoms with Crippen LogP contribution in [-0.2, 0) is 23.9 Å². The van der Waals surface area contributed by atoms with Crippen LogP contribution in [0.25, 0.3) is 0 Å². The molecule has 0 amide bonds. The Morgan fingerprint density at radius 3 is 2.40 bits per heavy atom. The second-order valence-corrected chi connectivity index (χ2v) is 4.98. The van der Waals surface area contributed by atoms with Crippen LogP contribution in [0.4, 0.5) is 0 Å². The summed E-state index contributed by atoms with van der Waals surface area (Å²) in [4.78, 5) is 27.5. The average Bonchev–Trinajstić information content (AvgIpc) is 2.26. The lowest BCUT2D eigenvalue weighted by Crippen LogP contribution is -2.25. The van der Waals surface area contributed by atoms with Crippen LogP contribution in [0.1, 0.15) is 33.6 Å². The van der Waals surface area contributed by atoms with E-state index in [1.807, 2.05) is 0 Å². The van der Waals surface area contributed by atoms with Gasteiger partial charge in [0.2, 0.25) is 5.90 Å². The molecule has 0 unspecified atom stereocenters. The second kappa shape index (κ2) is 8.31. The van der Waals surface area contributed by atoms with Crippen LogP contribution >= 0.6 is 0 Å². The molecule has 0 aromatic carbocycles. The molecule has 2 N–H and O–H groups in total. The number of rotatable bonds is 7. The summed E-state index contributed by atoms with van der Waals surface area (Å²) in [5.74, 6) is -1.26. The largest absolute Gasteiger partial charge is 0.462 e. The molecule has 0 rings (SSSR count). The van der Waals surface area contributed by atoms with Crippen LogP contribution in [-0.4, -0.2) is 37.1 Å². The maximum atomic E-state index is 11.5. The minimum Gasteiger partial charge on any atom is -0.462 e. The molecule has 0 aliphatic rings. The highest BCUT2D eigenvalue weighted by atomic mass is 16.6. The van der Waals surface area contributed by atoms with Gasteiger partial charge in [0, 0.05) is 12.6 Å². The van der Waals surface area contributed by atoms with E-state index in [4.69, 9.17) is 14.9 Å². The Morgan fingerprint density at radius 2 is 1.90 bits per heavy atom. The molecular weight excluding hydrogens is 264 g/mol. The Bertz CT molecular complexity index is 385. The van der Waals surface area contributed by atoms with Gasteiger partial charge in [0.15, 0.2) is 0 Å². The molecule has 0 spiro atoms. The first-order valence-corrected chi connectivity index (χ1v) is 6.13. The van der Waals surface area contributed by atoms with Crippen LogP contribution in [0.3, 0.4) is 0 Å². The van der Waals surface area contributed by atoms with Gasteiger partial charge in [-0.1, -0.05) is 6.58 Å². The lowest BCUT2D eigenvalue weighted by molar-refractivity contribution is -0.156. The number of hydrogen-bond donors (Lipinski definition) is 2. The van der Waals surface area contributed by atoms with Gasteiger partial charge in [-0.2, -0.15) is 5.48 Å². The van der Waals surface area contributed by atoms with Crippen molar-refractivity contribution >= 4 is 17.8 Å². The van der Waals surface area contributed by atoms with Crippen molar-refractivity contribution in [3.8, 4) is 0 Å². The lowest BCUT2D eigenvalue weighted by atomic mass is 10.2. The fourth-order valence-electron chi connectivity index (χ4n) is 1.15. The number of hydrogen-bond acceptors (Lipinski definition) is 7. The highest BCUT2D eigenvalue weighted by Gasteiger charge is 2.17. The molecule has 0 radical (unpaired) electrons. The lowest BCUT2D eigenvalue weighted by Gasteiger charge is -2.19. The van der Waals surface area contributed by atoms with Gasteiger partial charge in [0.1, 0.15) is 12.2 Å². The van der Waals surface area contributed by atoms with Gasteiger partial charge in [-0.25, -0.2) is 4.79 Å². The van der Waals surface area contributed by atoms with E-state index in [-0.39, 0.29) is 30.9 Å². The van der Waals surface area contributed by atoms with Crippen LogP contribution in [0.2, 0.25) is 0 Å². The van der Waals surface area contributed by atoms with Crippen molar-refractivity contribution in [3.05, 3.63) is 12.2 Å². The van der Waals surface area contributed by atoms with Gasteiger partial charge in [-0.3, -0.25) is 10.2 Å². The SMILES string of the molecule is C=C(CC(=N)ONC)C(=O)OCCC(=O)OC(C)(C)C. The Balaban J connectivity index is 3.96. The summed E-state index contributed by atoms with van der Waals surface area (Å²) in [6.45, 7) is 8.67. The van der Waals surface area contributed by atoms with Gasteiger partial charge in [-0.15, -0.1) is 0 Å². The predicted octanol–water partition coefficient (Wildman–Crippen LogP) is 1.34. The molecule has 0 saturated heterocycles. The molecule has 114 valence electrons. The maximum Gasteiger partial charge on any atom is 0.333 e. The smallest absolute Gasteiger partial charge is 0.333 e. The zero-order valence-electron chi connectivity index (χ0n) is 12.4. The molecule has 0 heterocycles. The number of ether oxygens (including phenoxy) is 2. The van der Waals surface area contributed by atoms with Crippen molar-refractivity contribution in [2.75, 3.05) is 13.7 Å². The summed E-state index contributed by atoms with van der Waals surface area (Å²) < 4.78 is 9.92. The average molecular weight is 286 g/mol. The van der Waals surface area contributed by atoms with Crippen molar-refractivity contribution in [1.29, 1.82) is 5.41 Å². The zero-order valence-corrected chi connectivity index (χ0v) is 12.4. The zero-order chi connectivity index (χ0) is 15.8. The van der Waals surface area contributed by atoms with E-state index in [1.54, 1.807) is 20.8 Å². The highest BCUT2D eigenvalue weighted by Crippen LogP contribution is 2.09. The molecule has 0 saturated carbocycles. The number of carbonyl (C=O) groups is 2. The molecule has 7 nitrogen and oxygen atoms in total. The summed E-state index contributed by atoms with van der Waals surface area (Å²) in [5, 5.41) is 7.33. The molecule has 0 aromatic rings. The van der Waals surface area contributed by atoms with Gasteiger partial charge < -0.3 is 14.3 Å². The van der Waals surface area contributed by atoms with Gasteiger partial charge in [-0.05, 0) is 20.8 Å². The summed E-state index contributed by atoms with van der Waals surface area (Å²) in [6.07, 6.45) is -0.0904. The van der Waals surface area contributed by atoms with E-state index in [0.717, 1.165) is 0 Å². The summed E-state index contributed by atoms with van der Waals surface area (Å²) >= 11 is 0. The third-order valence-corrected chi connectivity index (χ3v) is 1.85. The van der Waals surface area contributed by atoms with E-state index in [1.165, 1.54) is 7.05 Å². The maximum absolute atomic E-state index is 11.5. The Kier molecular flexibility index (Phi) is 7.53. The van der Waals surface area contributed by atoms with Crippen molar-refractivity contribution < 1.29 is 23.9 Å². The van der Waals surface area contributed by atoms with Crippen molar-refractivity contribution in [1.82, 2.24) is 5.48 Å². The number of esters is 2. The van der Waals surface area contributed by atoms with Gasteiger partial charge >= 0.3 is 11.9 Å². The first-order chi connectivity index (χ1) is 9.15. The minimum absolute atomic E-state index is 0.0270. The number of hydroxylamine groups is 1. The fourth-order valence-corrected chi connectivity index (χ4v) is 1.15. The van der Waals surface area contributed by atoms with Crippen LogP contribution < -0.4 is 5.48 Å². The van der Waals surface area contributed by atoms with Crippen molar-refractivity contribution in [3.63, 3.8) is 0 Å². The van der Waals surface area contributed by atoms with Gasteiger partial charge in [0.05, 0.1) is 12.8 Å². The first-order valence-electron chi connectivity index (χ1n) is 6.13. The molecule has 0 atom stereocenters. The fraction of sp³-hybridized carbons (Fsp3) is 0.615. The highest BCUT2D eigenvalue weighted by molar-refractivity contribution is 5.93. The Hall–Kier alpha value is -1.89. The Labute approximate surface area is 118 Å². The summed E-state index contributed by atoms with van der Waals surface area (Å²) in [5.41, 5.74) is 1.83. The number of nitrogens with one attached hydrogen (secondary N) is 2. The molecule has 20 heavy (non-hydrogen) atoms. The summed E-state index contributed by atoms with van der Waals surface area (Å²) in [7, 11) is 1.50. The van der Waals surface area contributed by atoms with Crippen LogP contribution in [0.5, 0.6) is 0 Å². The summed E-state index contributed by atoms with van der Waals surface area (Å²) in [6, 6.07) is 0. The molecule has 0 aliphatic carbocycles. The molecular formula is C13H22N2O5. The third kappa shape index (κ3) is 9.09. The first kappa shape index (κ1) is 18.1. The molecule has 0 aliphatic heterocycles. The second-order valence-electron chi connectivity index (χ2n) is 4.98.